The van der Waals surface area contributed by atoms with Gasteiger partial charge in [0.1, 0.15) is 0 Å². The average molecular weight is 229 g/mol. The smallest absolute Gasteiger partial charge is 0.422 e. The fraction of sp³-hybridized carbons (Fsp3) is 0.714. The van der Waals surface area contributed by atoms with E-state index in [1.807, 2.05) is 5.32 Å². The van der Waals surface area contributed by atoms with E-state index in [2.05, 4.69) is 4.74 Å². The number of carbonyl (C=O) groups is 2. The molecule has 0 saturated heterocycles. The maximum Gasteiger partial charge on any atom is 0.422 e. The molecule has 2 N–H and O–H groups in total. The summed E-state index contributed by atoms with van der Waals surface area (Å²) in [6.45, 7) is -0.682. The number of hydrogen-bond donors (Lipinski definition) is 2. The van der Waals surface area contributed by atoms with Crippen molar-refractivity contribution in [3.8, 4) is 0 Å². The molecule has 5 nitrogen and oxygen atoms in total. The zero-order valence-electron chi connectivity index (χ0n) is 7.80. The SMILES string of the molecule is CC(CNC(=O)OCC(F)(F)F)C(=O)O. The number of alkyl carbamates (subject to hydrolysis) is 1. The highest BCUT2D eigenvalue weighted by Crippen LogP contribution is 2.14. The average Bonchev–Trinajstić information content (AvgIpc) is 2.09. The van der Waals surface area contributed by atoms with Crippen LogP contribution in [0.25, 0.3) is 0 Å². The van der Waals surface area contributed by atoms with Crippen LogP contribution in [-0.4, -0.2) is 36.5 Å². The van der Waals surface area contributed by atoms with E-state index in [1.54, 1.807) is 0 Å². The Morgan fingerprint density at radius 3 is 2.40 bits per heavy atom. The van der Waals surface area contributed by atoms with Gasteiger partial charge in [-0.05, 0) is 0 Å². The highest BCUT2D eigenvalue weighted by Gasteiger charge is 2.29. The zero-order valence-corrected chi connectivity index (χ0v) is 7.80. The van der Waals surface area contributed by atoms with Crippen LogP contribution >= 0.6 is 0 Å². The number of nitrogens with one attached hydrogen (secondary N) is 1. The van der Waals surface area contributed by atoms with Gasteiger partial charge in [-0.3, -0.25) is 4.79 Å². The molecule has 0 aliphatic carbocycles. The van der Waals surface area contributed by atoms with Gasteiger partial charge in [-0.2, -0.15) is 13.2 Å². The summed E-state index contributed by atoms with van der Waals surface area (Å²) in [5, 5.41) is 10.3. The van der Waals surface area contributed by atoms with E-state index >= 15 is 0 Å². The molecule has 0 heterocycles. The van der Waals surface area contributed by atoms with E-state index in [1.165, 1.54) is 6.92 Å². The number of halogens is 3. The Morgan fingerprint density at radius 1 is 1.47 bits per heavy atom. The molecule has 0 aromatic rings. The third-order valence-electron chi connectivity index (χ3n) is 1.34. The summed E-state index contributed by atoms with van der Waals surface area (Å²) in [7, 11) is 0. The number of alkyl halides is 3. The number of carboxylic acids is 1. The Hall–Kier alpha value is -1.47. The lowest BCUT2D eigenvalue weighted by atomic mass is 10.2. The number of aliphatic carboxylic acids is 1. The van der Waals surface area contributed by atoms with Gasteiger partial charge >= 0.3 is 18.2 Å². The molecule has 0 aliphatic rings. The van der Waals surface area contributed by atoms with Crippen molar-refractivity contribution in [3.05, 3.63) is 0 Å². The van der Waals surface area contributed by atoms with Gasteiger partial charge < -0.3 is 15.2 Å². The van der Waals surface area contributed by atoms with Gasteiger partial charge in [-0.25, -0.2) is 4.79 Å². The van der Waals surface area contributed by atoms with E-state index < -0.39 is 30.8 Å². The lowest BCUT2D eigenvalue weighted by Crippen LogP contribution is -2.34. The predicted octanol–water partition coefficient (Wildman–Crippen LogP) is 0.996. The van der Waals surface area contributed by atoms with Crippen LogP contribution in [0.5, 0.6) is 0 Å². The van der Waals surface area contributed by atoms with E-state index in [-0.39, 0.29) is 6.54 Å². The second-order valence-electron chi connectivity index (χ2n) is 2.81. The van der Waals surface area contributed by atoms with Gasteiger partial charge in [0.25, 0.3) is 0 Å². The highest BCUT2D eigenvalue weighted by atomic mass is 19.4. The third kappa shape index (κ3) is 7.59. The molecular weight excluding hydrogens is 219 g/mol. The summed E-state index contributed by atoms with van der Waals surface area (Å²) >= 11 is 0. The third-order valence-corrected chi connectivity index (χ3v) is 1.34. The van der Waals surface area contributed by atoms with Gasteiger partial charge in [-0.15, -0.1) is 0 Å². The van der Waals surface area contributed by atoms with Crippen molar-refractivity contribution in [1.29, 1.82) is 0 Å². The van der Waals surface area contributed by atoms with Crippen molar-refractivity contribution < 1.29 is 32.6 Å². The van der Waals surface area contributed by atoms with Crippen molar-refractivity contribution in [3.63, 3.8) is 0 Å². The largest absolute Gasteiger partial charge is 0.481 e. The molecule has 0 bridgehead atoms. The predicted molar refractivity (Wildman–Crippen MR) is 42.2 cm³/mol. The van der Waals surface area contributed by atoms with Crippen LogP contribution in [0.1, 0.15) is 6.92 Å². The van der Waals surface area contributed by atoms with Gasteiger partial charge in [-0.1, -0.05) is 6.92 Å². The maximum atomic E-state index is 11.5. The molecule has 0 aromatic heterocycles. The topological polar surface area (TPSA) is 75.6 Å². The fourth-order valence-electron chi connectivity index (χ4n) is 0.522. The number of rotatable bonds is 4. The van der Waals surface area contributed by atoms with Gasteiger partial charge in [0.15, 0.2) is 6.61 Å². The molecule has 1 amide bonds. The summed E-state index contributed by atoms with van der Waals surface area (Å²) in [5.74, 6) is -2.05. The Bertz CT molecular complexity index is 241. The first-order valence-electron chi connectivity index (χ1n) is 3.92. The molecule has 0 radical (unpaired) electrons. The van der Waals surface area contributed by atoms with Gasteiger partial charge in [0, 0.05) is 6.54 Å². The molecule has 15 heavy (non-hydrogen) atoms. The molecule has 0 aliphatic heterocycles. The molecule has 0 fully saturated rings. The second-order valence-corrected chi connectivity index (χ2v) is 2.81. The summed E-state index contributed by atoms with van der Waals surface area (Å²) < 4.78 is 38.4. The Balaban J connectivity index is 3.72. The summed E-state index contributed by atoms with van der Waals surface area (Å²) in [6.07, 6.45) is -5.88. The van der Waals surface area contributed by atoms with Crippen molar-refractivity contribution in [1.82, 2.24) is 5.32 Å². The summed E-state index contributed by atoms with van der Waals surface area (Å²) in [5.41, 5.74) is 0. The molecular formula is C7H10F3NO4. The molecule has 1 unspecified atom stereocenters. The van der Waals surface area contributed by atoms with E-state index in [4.69, 9.17) is 5.11 Å². The Morgan fingerprint density at radius 2 is 2.00 bits per heavy atom. The molecule has 0 spiro atoms. The minimum Gasteiger partial charge on any atom is -0.481 e. The molecule has 8 heteroatoms. The second kappa shape index (κ2) is 5.42. The molecule has 0 saturated carbocycles. The number of carbonyl (C=O) groups excluding carboxylic acids is 1. The lowest BCUT2D eigenvalue weighted by molar-refractivity contribution is -0.160. The molecule has 88 valence electrons. The van der Waals surface area contributed by atoms with Crippen LogP contribution in [0, 0.1) is 5.92 Å². The molecule has 0 aromatic carbocycles. The Labute approximate surface area is 83.2 Å². The lowest BCUT2D eigenvalue weighted by Gasteiger charge is -2.10. The fourth-order valence-corrected chi connectivity index (χ4v) is 0.522. The van der Waals surface area contributed by atoms with Crippen LogP contribution < -0.4 is 5.32 Å². The van der Waals surface area contributed by atoms with E-state index in [0.29, 0.717) is 0 Å². The van der Waals surface area contributed by atoms with Crippen LogP contribution in [0.4, 0.5) is 18.0 Å². The van der Waals surface area contributed by atoms with Gasteiger partial charge in [0.2, 0.25) is 0 Å². The highest BCUT2D eigenvalue weighted by molar-refractivity contribution is 5.72. The van der Waals surface area contributed by atoms with Crippen molar-refractivity contribution in [2.45, 2.75) is 13.1 Å². The minimum absolute atomic E-state index is 0.286. The van der Waals surface area contributed by atoms with Crippen LogP contribution in [0.15, 0.2) is 0 Å². The van der Waals surface area contributed by atoms with Crippen molar-refractivity contribution in [2.75, 3.05) is 13.2 Å². The Kier molecular flexibility index (Phi) is 4.89. The summed E-state index contributed by atoms with van der Waals surface area (Å²) in [4.78, 5) is 20.8. The number of ether oxygens (including phenoxy) is 1. The first-order valence-corrected chi connectivity index (χ1v) is 3.92. The number of amides is 1. The first kappa shape index (κ1) is 13.5. The quantitative estimate of drug-likeness (QED) is 0.753. The normalized spacial score (nSPS) is 13.1. The maximum absolute atomic E-state index is 11.5. The van der Waals surface area contributed by atoms with Crippen LogP contribution in [-0.2, 0) is 9.53 Å². The van der Waals surface area contributed by atoms with E-state index in [9.17, 15) is 22.8 Å². The van der Waals surface area contributed by atoms with Crippen molar-refractivity contribution >= 4 is 12.1 Å². The number of carboxylic acid groups (broad SMARTS) is 1. The zero-order chi connectivity index (χ0) is 12.1. The van der Waals surface area contributed by atoms with Crippen LogP contribution in [0.2, 0.25) is 0 Å². The van der Waals surface area contributed by atoms with Crippen LogP contribution in [0.3, 0.4) is 0 Å². The van der Waals surface area contributed by atoms with Crippen molar-refractivity contribution in [2.24, 2.45) is 5.92 Å². The monoisotopic (exact) mass is 229 g/mol. The first-order chi connectivity index (χ1) is 6.72. The summed E-state index contributed by atoms with van der Waals surface area (Å²) in [6, 6.07) is 0. The molecule has 0 rings (SSSR count). The van der Waals surface area contributed by atoms with Gasteiger partial charge in [0.05, 0.1) is 5.92 Å². The minimum atomic E-state index is -4.59. The standard InChI is InChI=1S/C7H10F3NO4/c1-4(5(12)13)2-11-6(14)15-3-7(8,9)10/h4H,2-3H2,1H3,(H,11,14)(H,12,13). The number of hydrogen-bond acceptors (Lipinski definition) is 3. The van der Waals surface area contributed by atoms with E-state index in [0.717, 1.165) is 0 Å². The molecule has 1 atom stereocenters.